The highest BCUT2D eigenvalue weighted by Crippen LogP contribution is 2.33. The van der Waals surface area contributed by atoms with Gasteiger partial charge in [-0.15, -0.1) is 0 Å². The summed E-state index contributed by atoms with van der Waals surface area (Å²) in [5.74, 6) is -1.03. The predicted molar refractivity (Wildman–Crippen MR) is 102 cm³/mol. The Morgan fingerprint density at radius 1 is 1.10 bits per heavy atom. The number of aromatic nitrogens is 1. The maximum absolute atomic E-state index is 13.5. The molecule has 1 N–H and O–H groups in total. The minimum absolute atomic E-state index is 0.0138. The minimum Gasteiger partial charge on any atom is -0.487 e. The van der Waals surface area contributed by atoms with Crippen molar-refractivity contribution in [2.24, 2.45) is 0 Å². The lowest BCUT2D eigenvalue weighted by atomic mass is 10.0. The first-order valence-electron chi connectivity index (χ1n) is 9.00. The summed E-state index contributed by atoms with van der Waals surface area (Å²) in [7, 11) is 0. The van der Waals surface area contributed by atoms with Gasteiger partial charge in [-0.1, -0.05) is 35.9 Å². The van der Waals surface area contributed by atoms with Crippen molar-refractivity contribution in [3.63, 3.8) is 0 Å². The topological polar surface area (TPSA) is 51.2 Å². The third-order valence-electron chi connectivity index (χ3n) is 4.28. The Kier molecular flexibility index (Phi) is 6.34. The summed E-state index contributed by atoms with van der Waals surface area (Å²) in [4.78, 5) is 16.4. The summed E-state index contributed by atoms with van der Waals surface area (Å²) in [5.41, 5.74) is 1.16. The van der Waals surface area contributed by atoms with E-state index in [0.717, 1.165) is 5.56 Å². The number of nitrogens with zero attached hydrogens (tertiary/aromatic N) is 1. The highest BCUT2D eigenvalue weighted by Gasteiger charge is 2.42. The zero-order valence-corrected chi connectivity index (χ0v) is 15.9. The first kappa shape index (κ1) is 21.3. The fourth-order valence-corrected chi connectivity index (χ4v) is 2.69. The number of carbonyl (C=O) groups excluding carboxylic acids is 1. The fraction of sp³-hybridized carbons (Fsp3) is 0.182. The SMILES string of the molecule is Cc1ccc(C(NC(=O)c2ccc(COc3cccc(F)c3)nc2)C(F)(F)F)cc1. The van der Waals surface area contributed by atoms with Gasteiger partial charge in [-0.25, -0.2) is 4.39 Å². The van der Waals surface area contributed by atoms with E-state index in [9.17, 15) is 22.4 Å². The van der Waals surface area contributed by atoms with Gasteiger partial charge in [0.1, 0.15) is 18.2 Å². The lowest BCUT2D eigenvalue weighted by molar-refractivity contribution is -0.155. The van der Waals surface area contributed by atoms with E-state index in [-0.39, 0.29) is 17.7 Å². The van der Waals surface area contributed by atoms with Crippen molar-refractivity contribution < 1.29 is 27.1 Å². The molecule has 1 aromatic heterocycles. The van der Waals surface area contributed by atoms with Crippen LogP contribution in [0.1, 0.15) is 33.2 Å². The first-order valence-corrected chi connectivity index (χ1v) is 9.00. The molecule has 2 aromatic carbocycles. The van der Waals surface area contributed by atoms with Crippen LogP contribution in [-0.4, -0.2) is 17.1 Å². The van der Waals surface area contributed by atoms with Crippen LogP contribution in [0.2, 0.25) is 0 Å². The average molecular weight is 418 g/mol. The molecule has 0 fully saturated rings. The van der Waals surface area contributed by atoms with Gasteiger partial charge in [0, 0.05) is 12.3 Å². The molecule has 0 saturated carbocycles. The van der Waals surface area contributed by atoms with Crippen molar-refractivity contribution in [3.05, 3.63) is 95.1 Å². The number of halogens is 4. The Morgan fingerprint density at radius 3 is 2.43 bits per heavy atom. The number of ether oxygens (including phenoxy) is 1. The maximum Gasteiger partial charge on any atom is 0.412 e. The Bertz CT molecular complexity index is 1000. The third kappa shape index (κ3) is 5.56. The van der Waals surface area contributed by atoms with Crippen molar-refractivity contribution in [1.82, 2.24) is 10.3 Å². The summed E-state index contributed by atoms with van der Waals surface area (Å²) in [6.45, 7) is 1.77. The largest absolute Gasteiger partial charge is 0.487 e. The van der Waals surface area contributed by atoms with Crippen molar-refractivity contribution in [1.29, 1.82) is 0 Å². The number of aryl methyl sites for hydroxylation is 1. The predicted octanol–water partition coefficient (Wildman–Crippen LogP) is 5.14. The van der Waals surface area contributed by atoms with Gasteiger partial charge in [0.15, 0.2) is 6.04 Å². The van der Waals surface area contributed by atoms with E-state index >= 15 is 0 Å². The summed E-state index contributed by atoms with van der Waals surface area (Å²) >= 11 is 0. The van der Waals surface area contributed by atoms with Gasteiger partial charge in [-0.2, -0.15) is 13.2 Å². The second kappa shape index (κ2) is 8.94. The number of carbonyl (C=O) groups is 1. The molecule has 0 aliphatic rings. The lowest BCUT2D eigenvalue weighted by Crippen LogP contribution is -2.38. The lowest BCUT2D eigenvalue weighted by Gasteiger charge is -2.22. The van der Waals surface area contributed by atoms with E-state index in [1.54, 1.807) is 25.1 Å². The van der Waals surface area contributed by atoms with E-state index < -0.39 is 23.9 Å². The molecule has 0 aliphatic heterocycles. The maximum atomic E-state index is 13.5. The Hall–Kier alpha value is -3.42. The Labute approximate surface area is 170 Å². The molecule has 0 aliphatic carbocycles. The van der Waals surface area contributed by atoms with Crippen molar-refractivity contribution in [2.45, 2.75) is 25.7 Å². The second-order valence-corrected chi connectivity index (χ2v) is 6.64. The van der Waals surface area contributed by atoms with E-state index in [0.29, 0.717) is 11.4 Å². The fourth-order valence-electron chi connectivity index (χ4n) is 2.69. The molecule has 3 aromatic rings. The smallest absolute Gasteiger partial charge is 0.412 e. The van der Waals surface area contributed by atoms with E-state index in [4.69, 9.17) is 4.74 Å². The minimum atomic E-state index is -4.66. The highest BCUT2D eigenvalue weighted by atomic mass is 19.4. The van der Waals surface area contributed by atoms with Gasteiger partial charge in [-0.05, 0) is 36.8 Å². The van der Waals surface area contributed by atoms with Crippen LogP contribution in [0.25, 0.3) is 0 Å². The molecule has 4 nitrogen and oxygen atoms in total. The molecule has 1 amide bonds. The number of nitrogens with one attached hydrogen (secondary N) is 1. The average Bonchev–Trinajstić information content (AvgIpc) is 2.71. The molecule has 1 unspecified atom stereocenters. The molecule has 0 bridgehead atoms. The normalized spacial score (nSPS) is 12.3. The Balaban J connectivity index is 1.67. The third-order valence-corrected chi connectivity index (χ3v) is 4.28. The van der Waals surface area contributed by atoms with Crippen LogP contribution < -0.4 is 10.1 Å². The number of hydrogen-bond acceptors (Lipinski definition) is 3. The highest BCUT2D eigenvalue weighted by molar-refractivity contribution is 5.94. The van der Waals surface area contributed by atoms with Gasteiger partial charge >= 0.3 is 6.18 Å². The summed E-state index contributed by atoms with van der Waals surface area (Å²) < 4.78 is 58.9. The second-order valence-electron chi connectivity index (χ2n) is 6.64. The molecule has 8 heteroatoms. The quantitative estimate of drug-likeness (QED) is 0.564. The summed E-state index contributed by atoms with van der Waals surface area (Å²) in [6, 6.07) is 12.0. The molecular weight excluding hydrogens is 400 g/mol. The molecule has 30 heavy (non-hydrogen) atoms. The molecule has 0 radical (unpaired) electrons. The number of rotatable bonds is 6. The summed E-state index contributed by atoms with van der Waals surface area (Å²) in [5, 5.41) is 2.02. The Morgan fingerprint density at radius 2 is 1.83 bits per heavy atom. The van der Waals surface area contributed by atoms with Gasteiger partial charge in [0.25, 0.3) is 5.91 Å². The van der Waals surface area contributed by atoms with Crippen LogP contribution in [0.5, 0.6) is 5.75 Å². The van der Waals surface area contributed by atoms with Crippen LogP contribution >= 0.6 is 0 Å². The molecule has 1 atom stereocenters. The van der Waals surface area contributed by atoms with Crippen LogP contribution in [0.15, 0.2) is 66.9 Å². The van der Waals surface area contributed by atoms with Gasteiger partial charge < -0.3 is 10.1 Å². The molecule has 3 rings (SSSR count). The van der Waals surface area contributed by atoms with Gasteiger partial charge in [0.05, 0.1) is 11.3 Å². The van der Waals surface area contributed by atoms with Crippen molar-refractivity contribution in [3.8, 4) is 5.75 Å². The first-order chi connectivity index (χ1) is 14.2. The van der Waals surface area contributed by atoms with E-state index in [2.05, 4.69) is 4.98 Å². The van der Waals surface area contributed by atoms with Crippen LogP contribution in [0.4, 0.5) is 17.6 Å². The zero-order valence-electron chi connectivity index (χ0n) is 15.9. The number of hydrogen-bond donors (Lipinski definition) is 1. The molecule has 0 spiro atoms. The van der Waals surface area contributed by atoms with E-state index in [1.807, 2.05) is 5.32 Å². The number of amides is 1. The van der Waals surface area contributed by atoms with Gasteiger partial charge in [0.2, 0.25) is 0 Å². The van der Waals surface area contributed by atoms with Crippen molar-refractivity contribution in [2.75, 3.05) is 0 Å². The number of benzene rings is 2. The number of alkyl halides is 3. The summed E-state index contributed by atoms with van der Waals surface area (Å²) in [6.07, 6.45) is -3.49. The standard InChI is InChI=1S/C22H18F4N2O2/c1-14-5-7-15(8-6-14)20(22(24,25)26)28-21(29)16-9-10-18(27-12-16)13-30-19-4-2-3-17(23)11-19/h2-12,20H,13H2,1H3,(H,28,29). The van der Waals surface area contributed by atoms with Gasteiger partial charge in [-0.3, -0.25) is 9.78 Å². The van der Waals surface area contributed by atoms with Crippen LogP contribution in [-0.2, 0) is 6.61 Å². The van der Waals surface area contributed by atoms with E-state index in [1.165, 1.54) is 48.7 Å². The van der Waals surface area contributed by atoms with Crippen LogP contribution in [0.3, 0.4) is 0 Å². The molecule has 1 heterocycles. The molecule has 0 saturated heterocycles. The van der Waals surface area contributed by atoms with Crippen LogP contribution in [0, 0.1) is 12.7 Å². The monoisotopic (exact) mass is 418 g/mol. The molecular formula is C22H18F4N2O2. The molecule has 156 valence electrons. The van der Waals surface area contributed by atoms with Crippen molar-refractivity contribution >= 4 is 5.91 Å². The number of pyridine rings is 1. The zero-order chi connectivity index (χ0) is 21.7.